The van der Waals surface area contributed by atoms with Gasteiger partial charge in [-0.25, -0.2) is 4.39 Å². The first-order chi connectivity index (χ1) is 8.15. The van der Waals surface area contributed by atoms with Crippen LogP contribution in [-0.2, 0) is 4.74 Å². The zero-order valence-electron chi connectivity index (χ0n) is 10.1. The average Bonchev–Trinajstić information content (AvgIpc) is 2.30. The summed E-state index contributed by atoms with van der Waals surface area (Å²) in [5.74, 6) is 5.37. The number of nitrogens with one attached hydrogen (secondary N) is 1. The molecule has 0 radical (unpaired) electrons. The molecule has 1 heterocycles. The number of hydrogen-bond donors (Lipinski definition) is 2. The Bertz CT molecular complexity index is 377. The molecule has 2 unspecified atom stereocenters. The maximum Gasteiger partial charge on any atom is 0.123 e. The van der Waals surface area contributed by atoms with Gasteiger partial charge in [0.1, 0.15) is 5.82 Å². The van der Waals surface area contributed by atoms with Crippen LogP contribution in [0.5, 0.6) is 0 Å². The minimum Gasteiger partial charge on any atom is -0.373 e. The molecular weight excluding hydrogens is 219 g/mol. The van der Waals surface area contributed by atoms with Gasteiger partial charge in [0.25, 0.3) is 0 Å². The van der Waals surface area contributed by atoms with Crippen molar-refractivity contribution in [3.8, 4) is 0 Å². The summed E-state index contributed by atoms with van der Waals surface area (Å²) in [5, 5.41) is 0. The van der Waals surface area contributed by atoms with Crippen molar-refractivity contribution in [2.45, 2.75) is 37.8 Å². The summed E-state index contributed by atoms with van der Waals surface area (Å²) in [7, 11) is 0. The molecule has 0 amide bonds. The first kappa shape index (κ1) is 12.5. The summed E-state index contributed by atoms with van der Waals surface area (Å²) in [6.45, 7) is 2.77. The fraction of sp³-hybridized carbons (Fsp3) is 0.538. The molecule has 2 atom stereocenters. The lowest BCUT2D eigenvalue weighted by Crippen LogP contribution is -2.48. The molecule has 1 aromatic carbocycles. The lowest BCUT2D eigenvalue weighted by molar-refractivity contribution is -0.0899. The Hall–Kier alpha value is -0.970. The van der Waals surface area contributed by atoms with E-state index in [2.05, 4.69) is 5.43 Å². The second-order valence-electron chi connectivity index (χ2n) is 4.77. The highest BCUT2D eigenvalue weighted by Crippen LogP contribution is 2.36. The first-order valence-electron chi connectivity index (χ1n) is 6.01. The van der Waals surface area contributed by atoms with Crippen LogP contribution in [0.4, 0.5) is 4.39 Å². The zero-order valence-corrected chi connectivity index (χ0v) is 10.1. The molecule has 1 aromatic rings. The highest BCUT2D eigenvalue weighted by Gasteiger charge is 2.37. The van der Waals surface area contributed by atoms with Crippen molar-refractivity contribution in [1.29, 1.82) is 0 Å². The summed E-state index contributed by atoms with van der Waals surface area (Å²) in [6.07, 6.45) is 3.12. The van der Waals surface area contributed by atoms with Crippen molar-refractivity contribution in [1.82, 2.24) is 5.43 Å². The number of hydrazine groups is 1. The predicted molar refractivity (Wildman–Crippen MR) is 64.7 cm³/mol. The number of nitrogens with two attached hydrogens (primary N) is 1. The molecule has 1 aliphatic rings. The molecule has 0 spiro atoms. The van der Waals surface area contributed by atoms with E-state index in [1.807, 2.05) is 13.0 Å². The van der Waals surface area contributed by atoms with Crippen LogP contribution >= 0.6 is 0 Å². The van der Waals surface area contributed by atoms with Crippen LogP contribution in [0.1, 0.15) is 37.8 Å². The number of ether oxygens (including phenoxy) is 1. The third-order valence-electron chi connectivity index (χ3n) is 3.46. The zero-order chi connectivity index (χ0) is 12.3. The molecule has 1 saturated heterocycles. The van der Waals surface area contributed by atoms with Crippen molar-refractivity contribution in [3.63, 3.8) is 0 Å². The van der Waals surface area contributed by atoms with Crippen molar-refractivity contribution in [2.24, 2.45) is 5.84 Å². The van der Waals surface area contributed by atoms with Crippen LogP contribution < -0.4 is 11.3 Å². The summed E-state index contributed by atoms with van der Waals surface area (Å²) in [5.41, 5.74) is 3.23. The minimum atomic E-state index is -0.360. The van der Waals surface area contributed by atoms with Gasteiger partial charge in [0.05, 0.1) is 11.6 Å². The molecule has 17 heavy (non-hydrogen) atoms. The third-order valence-corrected chi connectivity index (χ3v) is 3.46. The average molecular weight is 238 g/mol. The van der Waals surface area contributed by atoms with Gasteiger partial charge in [-0.1, -0.05) is 12.1 Å². The number of hydrogen-bond acceptors (Lipinski definition) is 3. The molecule has 94 valence electrons. The Kier molecular flexibility index (Phi) is 3.76. The van der Waals surface area contributed by atoms with Gasteiger partial charge in [0.15, 0.2) is 0 Å². The van der Waals surface area contributed by atoms with Gasteiger partial charge < -0.3 is 4.74 Å². The quantitative estimate of drug-likeness (QED) is 0.627. The smallest absolute Gasteiger partial charge is 0.123 e. The molecule has 0 aromatic heterocycles. The van der Waals surface area contributed by atoms with E-state index in [1.54, 1.807) is 6.07 Å². The second kappa shape index (κ2) is 5.12. The summed E-state index contributed by atoms with van der Waals surface area (Å²) < 4.78 is 19.1. The van der Waals surface area contributed by atoms with E-state index in [-0.39, 0.29) is 17.5 Å². The molecule has 0 aliphatic carbocycles. The van der Waals surface area contributed by atoms with Crippen molar-refractivity contribution >= 4 is 0 Å². The Morgan fingerprint density at radius 3 is 2.88 bits per heavy atom. The van der Waals surface area contributed by atoms with Gasteiger partial charge >= 0.3 is 0 Å². The van der Waals surface area contributed by atoms with Crippen LogP contribution in [0.15, 0.2) is 24.3 Å². The van der Waals surface area contributed by atoms with Gasteiger partial charge in [-0.15, -0.1) is 0 Å². The van der Waals surface area contributed by atoms with Crippen molar-refractivity contribution in [2.75, 3.05) is 6.61 Å². The molecule has 0 saturated carbocycles. The SMILES string of the molecule is CC1(C(NN)c2cccc(F)c2)CCCCO1. The Morgan fingerprint density at radius 1 is 1.47 bits per heavy atom. The predicted octanol–water partition coefficient (Wildman–Crippen LogP) is 2.29. The van der Waals surface area contributed by atoms with Crippen LogP contribution in [-0.4, -0.2) is 12.2 Å². The lowest BCUT2D eigenvalue weighted by Gasteiger charge is -2.40. The van der Waals surface area contributed by atoms with E-state index in [9.17, 15) is 4.39 Å². The monoisotopic (exact) mass is 238 g/mol. The van der Waals surface area contributed by atoms with E-state index in [0.29, 0.717) is 0 Å². The van der Waals surface area contributed by atoms with Crippen LogP contribution in [0, 0.1) is 5.82 Å². The molecule has 1 fully saturated rings. The van der Waals surface area contributed by atoms with Gasteiger partial charge in [-0.3, -0.25) is 11.3 Å². The van der Waals surface area contributed by atoms with E-state index in [0.717, 1.165) is 31.4 Å². The molecule has 1 aliphatic heterocycles. The molecule has 3 N–H and O–H groups in total. The van der Waals surface area contributed by atoms with Crippen molar-refractivity contribution < 1.29 is 9.13 Å². The van der Waals surface area contributed by atoms with E-state index < -0.39 is 0 Å². The third kappa shape index (κ3) is 2.65. The fourth-order valence-electron chi connectivity index (χ4n) is 2.49. The molecule has 3 nitrogen and oxygen atoms in total. The van der Waals surface area contributed by atoms with E-state index in [4.69, 9.17) is 10.6 Å². The maximum absolute atomic E-state index is 13.2. The summed E-state index contributed by atoms with van der Waals surface area (Å²) in [6, 6.07) is 6.32. The van der Waals surface area contributed by atoms with Crippen molar-refractivity contribution in [3.05, 3.63) is 35.6 Å². The normalized spacial score (nSPS) is 26.8. The number of rotatable bonds is 3. The van der Waals surface area contributed by atoms with Gasteiger partial charge in [-0.2, -0.15) is 0 Å². The van der Waals surface area contributed by atoms with Gasteiger partial charge in [-0.05, 0) is 43.9 Å². The molecule has 4 heteroatoms. The van der Waals surface area contributed by atoms with E-state index in [1.165, 1.54) is 12.1 Å². The Balaban J connectivity index is 2.26. The molecule has 2 rings (SSSR count). The second-order valence-corrected chi connectivity index (χ2v) is 4.77. The van der Waals surface area contributed by atoms with Crippen LogP contribution in [0.2, 0.25) is 0 Å². The van der Waals surface area contributed by atoms with E-state index >= 15 is 0 Å². The standard InChI is InChI=1S/C13H19FN2O/c1-13(7-2-3-8-17-13)12(16-15)10-5-4-6-11(14)9-10/h4-6,9,12,16H,2-3,7-8,15H2,1H3. The van der Waals surface area contributed by atoms with Crippen LogP contribution in [0.25, 0.3) is 0 Å². The lowest BCUT2D eigenvalue weighted by atomic mass is 9.84. The largest absolute Gasteiger partial charge is 0.373 e. The van der Waals surface area contributed by atoms with Gasteiger partial charge in [0.2, 0.25) is 0 Å². The fourth-order valence-corrected chi connectivity index (χ4v) is 2.49. The Labute approximate surface area is 101 Å². The maximum atomic E-state index is 13.2. The minimum absolute atomic E-state index is 0.182. The van der Waals surface area contributed by atoms with Crippen LogP contribution in [0.3, 0.4) is 0 Å². The molecular formula is C13H19FN2O. The Morgan fingerprint density at radius 2 is 2.29 bits per heavy atom. The highest BCUT2D eigenvalue weighted by molar-refractivity contribution is 5.23. The summed E-state index contributed by atoms with van der Waals surface area (Å²) in [4.78, 5) is 0. The first-order valence-corrected chi connectivity index (χ1v) is 6.01. The number of benzene rings is 1. The number of halogens is 1. The highest BCUT2D eigenvalue weighted by atomic mass is 19.1. The van der Waals surface area contributed by atoms with Gasteiger partial charge in [0, 0.05) is 6.61 Å². The topological polar surface area (TPSA) is 47.3 Å². The molecule has 0 bridgehead atoms. The summed E-state index contributed by atoms with van der Waals surface area (Å²) >= 11 is 0.